The van der Waals surface area contributed by atoms with Gasteiger partial charge < -0.3 is 9.84 Å². The maximum Gasteiger partial charge on any atom is 0.162 e. The number of rotatable bonds is 4. The molecule has 2 atom stereocenters. The molecule has 0 bridgehead atoms. The molecule has 0 aromatic heterocycles. The Labute approximate surface area is 190 Å². The van der Waals surface area contributed by atoms with Gasteiger partial charge in [0.2, 0.25) is 0 Å². The summed E-state index contributed by atoms with van der Waals surface area (Å²) in [6.07, 6.45) is 0.161. The van der Waals surface area contributed by atoms with Crippen LogP contribution in [0.5, 0.6) is 11.5 Å². The number of phenols is 1. The fraction of sp³-hybridized carbons (Fsp3) is 0.174. The van der Waals surface area contributed by atoms with E-state index in [0.29, 0.717) is 27.2 Å². The molecule has 154 valence electrons. The van der Waals surface area contributed by atoms with Gasteiger partial charge in [-0.25, -0.2) is 0 Å². The van der Waals surface area contributed by atoms with Gasteiger partial charge in [-0.3, -0.25) is 10.3 Å². The van der Waals surface area contributed by atoms with Crippen molar-refractivity contribution in [1.29, 1.82) is 0 Å². The Morgan fingerprint density at radius 1 is 0.967 bits per heavy atom. The summed E-state index contributed by atoms with van der Waals surface area (Å²) in [6.45, 7) is 0. The third-order valence-corrected chi connectivity index (χ3v) is 5.92. The summed E-state index contributed by atoms with van der Waals surface area (Å²) in [6, 6.07) is 18.1. The lowest BCUT2D eigenvalue weighted by molar-refractivity contribution is 0.360. The number of ether oxygens (including phenoxy) is 1. The van der Waals surface area contributed by atoms with E-state index >= 15 is 0 Å². The van der Waals surface area contributed by atoms with E-state index in [2.05, 4.69) is 5.32 Å². The molecule has 0 saturated heterocycles. The third-order valence-electron chi connectivity index (χ3n) is 5.10. The second-order valence-electron chi connectivity index (χ2n) is 6.97. The Hall–Kier alpha value is -2.24. The van der Waals surface area contributed by atoms with Crippen LogP contribution in [0.25, 0.3) is 0 Å². The number of hydrogen-bond donors (Lipinski definition) is 2. The normalized spacial score (nSPS) is 18.7. The van der Waals surface area contributed by atoms with Crippen LogP contribution in [-0.2, 0) is 0 Å². The minimum atomic E-state index is -0.412. The Bertz CT molecular complexity index is 1100. The first-order valence-corrected chi connectivity index (χ1v) is 10.5. The SMILES string of the molecule is COc1cccc([C@H]2CC(c3ccc(Cl)cc3)=N[C@@H](c3ccc(Cl)cc3Cl)N2)c1O. The largest absolute Gasteiger partial charge is 0.504 e. The van der Waals surface area contributed by atoms with Crippen LogP contribution in [0.2, 0.25) is 15.1 Å². The summed E-state index contributed by atoms with van der Waals surface area (Å²) in [5, 5.41) is 16.0. The zero-order chi connectivity index (χ0) is 21.3. The second kappa shape index (κ2) is 8.86. The van der Waals surface area contributed by atoms with Crippen molar-refractivity contribution in [2.75, 3.05) is 7.11 Å². The van der Waals surface area contributed by atoms with Gasteiger partial charge in [0.15, 0.2) is 11.5 Å². The minimum Gasteiger partial charge on any atom is -0.504 e. The van der Waals surface area contributed by atoms with Crippen LogP contribution in [0.3, 0.4) is 0 Å². The van der Waals surface area contributed by atoms with E-state index in [9.17, 15) is 5.11 Å². The highest BCUT2D eigenvalue weighted by Crippen LogP contribution is 2.40. The van der Waals surface area contributed by atoms with Crippen LogP contribution >= 0.6 is 34.8 Å². The molecular weight excluding hydrogens is 443 g/mol. The van der Waals surface area contributed by atoms with Gasteiger partial charge in [-0.1, -0.05) is 65.1 Å². The maximum absolute atomic E-state index is 10.7. The number of nitrogens with zero attached hydrogens (tertiary/aromatic N) is 1. The van der Waals surface area contributed by atoms with E-state index in [0.717, 1.165) is 22.4 Å². The standard InChI is InChI=1S/C23H19Cl3N2O2/c1-30-21-4-2-3-17(22(21)29)20-12-19(13-5-7-14(24)8-6-13)27-23(28-20)16-10-9-15(25)11-18(16)26/h2-11,20,23,28-29H,12H2,1H3/t20-,23-/m1/s1. The number of aromatic hydroxyl groups is 1. The van der Waals surface area contributed by atoms with Crippen molar-refractivity contribution in [2.45, 2.75) is 18.6 Å². The summed E-state index contributed by atoms with van der Waals surface area (Å²) >= 11 is 18.6. The van der Waals surface area contributed by atoms with E-state index in [1.165, 1.54) is 7.11 Å². The zero-order valence-corrected chi connectivity index (χ0v) is 18.3. The molecule has 3 aromatic carbocycles. The van der Waals surface area contributed by atoms with Gasteiger partial charge in [0, 0.05) is 44.4 Å². The van der Waals surface area contributed by atoms with Gasteiger partial charge in [0.05, 0.1) is 7.11 Å². The van der Waals surface area contributed by atoms with Crippen LogP contribution in [0.1, 0.15) is 35.3 Å². The number of halogens is 3. The summed E-state index contributed by atoms with van der Waals surface area (Å²) in [5.41, 5.74) is 3.38. The highest BCUT2D eigenvalue weighted by molar-refractivity contribution is 6.35. The first-order valence-electron chi connectivity index (χ1n) is 9.35. The molecular formula is C23H19Cl3N2O2. The van der Waals surface area contributed by atoms with Crippen LogP contribution in [0, 0.1) is 0 Å². The zero-order valence-electron chi connectivity index (χ0n) is 16.1. The van der Waals surface area contributed by atoms with Crippen LogP contribution in [-0.4, -0.2) is 17.9 Å². The van der Waals surface area contributed by atoms with Gasteiger partial charge in [-0.15, -0.1) is 0 Å². The lowest BCUT2D eigenvalue weighted by Gasteiger charge is -2.31. The van der Waals surface area contributed by atoms with Crippen molar-refractivity contribution in [3.63, 3.8) is 0 Å². The smallest absolute Gasteiger partial charge is 0.162 e. The molecule has 0 amide bonds. The second-order valence-corrected chi connectivity index (χ2v) is 8.25. The molecule has 0 radical (unpaired) electrons. The van der Waals surface area contributed by atoms with E-state index in [4.69, 9.17) is 44.5 Å². The van der Waals surface area contributed by atoms with Crippen molar-refractivity contribution < 1.29 is 9.84 Å². The van der Waals surface area contributed by atoms with E-state index in [-0.39, 0.29) is 11.8 Å². The number of benzene rings is 3. The Morgan fingerprint density at radius 3 is 2.40 bits per heavy atom. The predicted molar refractivity (Wildman–Crippen MR) is 122 cm³/mol. The Balaban J connectivity index is 1.79. The van der Waals surface area contributed by atoms with Crippen molar-refractivity contribution in [3.8, 4) is 11.5 Å². The number of aliphatic imine (C=N–C) groups is 1. The van der Waals surface area contributed by atoms with Crippen molar-refractivity contribution in [2.24, 2.45) is 4.99 Å². The highest BCUT2D eigenvalue weighted by atomic mass is 35.5. The fourth-order valence-corrected chi connectivity index (χ4v) is 4.23. The van der Waals surface area contributed by atoms with E-state index < -0.39 is 6.17 Å². The molecule has 2 N–H and O–H groups in total. The number of hydrogen-bond acceptors (Lipinski definition) is 4. The first-order chi connectivity index (χ1) is 14.5. The predicted octanol–water partition coefficient (Wildman–Crippen LogP) is 6.58. The molecule has 0 unspecified atom stereocenters. The number of phenolic OH excluding ortho intramolecular Hbond substituents is 1. The summed E-state index contributed by atoms with van der Waals surface area (Å²) in [4.78, 5) is 4.91. The first kappa shape index (κ1) is 21.0. The lowest BCUT2D eigenvalue weighted by Crippen LogP contribution is -2.33. The third kappa shape index (κ3) is 4.28. The van der Waals surface area contributed by atoms with Crippen LogP contribution < -0.4 is 10.1 Å². The van der Waals surface area contributed by atoms with Gasteiger partial charge in [0.1, 0.15) is 6.17 Å². The van der Waals surface area contributed by atoms with Gasteiger partial charge in [-0.05, 0) is 35.9 Å². The average Bonchev–Trinajstić information content (AvgIpc) is 2.74. The number of para-hydroxylation sites is 1. The number of nitrogens with one attached hydrogen (secondary N) is 1. The minimum absolute atomic E-state index is 0.107. The van der Waals surface area contributed by atoms with Crippen LogP contribution in [0.15, 0.2) is 65.7 Å². The summed E-state index contributed by atoms with van der Waals surface area (Å²) in [5.74, 6) is 0.529. The van der Waals surface area contributed by atoms with Crippen molar-refractivity contribution >= 4 is 40.5 Å². The topological polar surface area (TPSA) is 53.8 Å². The molecule has 1 aliphatic heterocycles. The van der Waals surface area contributed by atoms with E-state index in [1.54, 1.807) is 18.2 Å². The molecule has 0 fully saturated rings. The molecule has 0 saturated carbocycles. The molecule has 0 aliphatic carbocycles. The average molecular weight is 462 g/mol. The van der Waals surface area contributed by atoms with Gasteiger partial charge in [-0.2, -0.15) is 0 Å². The maximum atomic E-state index is 10.7. The van der Waals surface area contributed by atoms with Gasteiger partial charge in [0.25, 0.3) is 0 Å². The molecule has 1 heterocycles. The monoisotopic (exact) mass is 460 g/mol. The lowest BCUT2D eigenvalue weighted by atomic mass is 9.93. The summed E-state index contributed by atoms with van der Waals surface area (Å²) in [7, 11) is 1.53. The molecule has 30 heavy (non-hydrogen) atoms. The molecule has 1 aliphatic rings. The Kier molecular flexibility index (Phi) is 6.21. The van der Waals surface area contributed by atoms with E-state index in [1.807, 2.05) is 42.5 Å². The molecule has 7 heteroatoms. The van der Waals surface area contributed by atoms with Crippen LogP contribution in [0.4, 0.5) is 0 Å². The quantitative estimate of drug-likeness (QED) is 0.461. The highest BCUT2D eigenvalue weighted by Gasteiger charge is 2.29. The summed E-state index contributed by atoms with van der Waals surface area (Å²) < 4.78 is 5.29. The molecule has 4 nitrogen and oxygen atoms in total. The fourth-order valence-electron chi connectivity index (χ4n) is 3.59. The Morgan fingerprint density at radius 2 is 1.70 bits per heavy atom. The molecule has 0 spiro atoms. The molecule has 3 aromatic rings. The van der Waals surface area contributed by atoms with Crippen molar-refractivity contribution in [1.82, 2.24) is 5.32 Å². The number of methoxy groups -OCH3 is 1. The van der Waals surface area contributed by atoms with Gasteiger partial charge >= 0.3 is 0 Å². The van der Waals surface area contributed by atoms with Crippen molar-refractivity contribution in [3.05, 3.63) is 92.4 Å². The molecule has 4 rings (SSSR count).